The lowest BCUT2D eigenvalue weighted by Crippen LogP contribution is -2.38. The fourth-order valence-electron chi connectivity index (χ4n) is 2.08. The summed E-state index contributed by atoms with van der Waals surface area (Å²) in [5.74, 6) is 0. The molecule has 0 heterocycles. The van der Waals surface area contributed by atoms with E-state index in [0.717, 1.165) is 5.04 Å². The van der Waals surface area contributed by atoms with Crippen molar-refractivity contribution in [2.45, 2.75) is 63.7 Å². The number of hydrogen-bond donors (Lipinski definition) is 0. The Morgan fingerprint density at radius 1 is 0.909 bits per heavy atom. The molecule has 0 bridgehead atoms. The Labute approximate surface area is 72.4 Å². The molecule has 0 unspecified atom stereocenters. The van der Waals surface area contributed by atoms with E-state index >= 15 is 0 Å². The van der Waals surface area contributed by atoms with Crippen LogP contribution >= 0.6 is 0 Å². The van der Waals surface area contributed by atoms with Crippen LogP contribution in [0.15, 0.2) is 0 Å². The summed E-state index contributed by atoms with van der Waals surface area (Å²) in [5, 5.41) is 0.755. The second-order valence-electron chi connectivity index (χ2n) is 5.37. The van der Waals surface area contributed by atoms with E-state index in [1.54, 1.807) is 0 Å². The first-order valence-electron chi connectivity index (χ1n) is 4.96. The Hall–Kier alpha value is 0.217. The summed E-state index contributed by atoms with van der Waals surface area (Å²) in [4.78, 5) is 0. The van der Waals surface area contributed by atoms with E-state index in [2.05, 4.69) is 26.6 Å². The van der Waals surface area contributed by atoms with Gasteiger partial charge in [0.15, 0.2) is 0 Å². The van der Waals surface area contributed by atoms with Crippen molar-refractivity contribution in [3.05, 3.63) is 0 Å². The summed E-state index contributed by atoms with van der Waals surface area (Å²) >= 11 is 0. The fraction of sp³-hybridized carbons (Fsp3) is 1.00. The van der Waals surface area contributed by atoms with Gasteiger partial charge in [-0.2, -0.15) is 0 Å². The van der Waals surface area contributed by atoms with Crippen LogP contribution in [0.25, 0.3) is 0 Å². The van der Waals surface area contributed by atoms with Gasteiger partial charge in [0.2, 0.25) is 0 Å². The van der Waals surface area contributed by atoms with Crippen molar-refractivity contribution in [2.75, 3.05) is 0 Å². The molecule has 0 atom stereocenters. The summed E-state index contributed by atoms with van der Waals surface area (Å²) in [5.41, 5.74) is 0. The summed E-state index contributed by atoms with van der Waals surface area (Å²) in [6.07, 6.45) is 7.47. The van der Waals surface area contributed by atoms with Crippen LogP contribution in [-0.4, -0.2) is 8.07 Å². The lowest BCUT2D eigenvalue weighted by molar-refractivity contribution is 0.389. The van der Waals surface area contributed by atoms with Crippen LogP contribution in [-0.2, 0) is 0 Å². The van der Waals surface area contributed by atoms with Gasteiger partial charge in [-0.1, -0.05) is 58.7 Å². The fourth-order valence-corrected chi connectivity index (χ4v) is 3.94. The van der Waals surface area contributed by atoms with Gasteiger partial charge in [0.1, 0.15) is 0 Å². The molecular weight excluding hydrogens is 148 g/mol. The van der Waals surface area contributed by atoms with Gasteiger partial charge in [0.05, 0.1) is 8.07 Å². The maximum atomic E-state index is 2.53. The predicted molar refractivity (Wildman–Crippen MR) is 54.8 cm³/mol. The van der Waals surface area contributed by atoms with Gasteiger partial charge in [0.25, 0.3) is 0 Å². The van der Waals surface area contributed by atoms with Crippen molar-refractivity contribution in [3.63, 3.8) is 0 Å². The Balaban J connectivity index is 2.64. The third-order valence-corrected chi connectivity index (χ3v) is 7.89. The molecule has 1 rings (SSSR count). The second kappa shape index (κ2) is 2.93. The molecule has 0 spiro atoms. The van der Waals surface area contributed by atoms with Gasteiger partial charge in [-0.25, -0.2) is 0 Å². The smallest absolute Gasteiger partial charge is 0.0502 e. The maximum Gasteiger partial charge on any atom is 0.0502 e. The van der Waals surface area contributed by atoms with Crippen LogP contribution in [0.5, 0.6) is 0 Å². The van der Waals surface area contributed by atoms with Crippen LogP contribution in [0, 0.1) is 0 Å². The molecule has 0 aromatic rings. The first kappa shape index (κ1) is 9.31. The van der Waals surface area contributed by atoms with Crippen LogP contribution in [0.3, 0.4) is 0 Å². The molecule has 1 aliphatic rings. The minimum Gasteiger partial charge on any atom is -0.0692 e. The van der Waals surface area contributed by atoms with E-state index in [4.69, 9.17) is 0 Å². The lowest BCUT2D eigenvalue weighted by Gasteiger charge is -2.43. The Morgan fingerprint density at radius 3 is 1.64 bits per heavy atom. The third kappa shape index (κ3) is 1.87. The van der Waals surface area contributed by atoms with Crippen molar-refractivity contribution in [1.29, 1.82) is 0 Å². The molecule has 0 N–H and O–H groups in total. The van der Waals surface area contributed by atoms with E-state index in [1.165, 1.54) is 32.1 Å². The monoisotopic (exact) mass is 170 g/mol. The Morgan fingerprint density at radius 2 is 1.36 bits per heavy atom. The molecule has 1 aliphatic carbocycles. The highest BCUT2D eigenvalue weighted by atomic mass is 28.3. The summed E-state index contributed by atoms with van der Waals surface area (Å²) in [6.45, 7) is 10.1. The van der Waals surface area contributed by atoms with E-state index in [1.807, 2.05) is 0 Å². The van der Waals surface area contributed by atoms with Crippen molar-refractivity contribution >= 4 is 8.07 Å². The van der Waals surface area contributed by atoms with Crippen molar-refractivity contribution in [1.82, 2.24) is 0 Å². The van der Waals surface area contributed by atoms with Gasteiger partial charge >= 0.3 is 0 Å². The molecule has 11 heavy (non-hydrogen) atoms. The predicted octanol–water partition coefficient (Wildman–Crippen LogP) is 4.05. The quantitative estimate of drug-likeness (QED) is 0.521. The average molecular weight is 170 g/mol. The molecule has 66 valence electrons. The van der Waals surface area contributed by atoms with Crippen LogP contribution < -0.4 is 0 Å². The largest absolute Gasteiger partial charge is 0.0692 e. The SMILES string of the molecule is CC1([Si](C)(C)C)CCCCC1. The van der Waals surface area contributed by atoms with E-state index in [9.17, 15) is 0 Å². The molecule has 1 heteroatoms. The molecule has 1 fully saturated rings. The number of hydrogen-bond acceptors (Lipinski definition) is 0. The van der Waals surface area contributed by atoms with Crippen molar-refractivity contribution in [3.8, 4) is 0 Å². The van der Waals surface area contributed by atoms with Crippen molar-refractivity contribution in [2.24, 2.45) is 0 Å². The van der Waals surface area contributed by atoms with Gasteiger partial charge in [-0.05, 0) is 5.04 Å². The summed E-state index contributed by atoms with van der Waals surface area (Å²) < 4.78 is 0. The van der Waals surface area contributed by atoms with Gasteiger partial charge in [0, 0.05) is 0 Å². The minimum atomic E-state index is -0.881. The molecule has 0 nitrogen and oxygen atoms in total. The maximum absolute atomic E-state index is 2.53. The Kier molecular flexibility index (Phi) is 2.48. The molecular formula is C10H22Si. The zero-order chi connectivity index (χ0) is 8.54. The van der Waals surface area contributed by atoms with Gasteiger partial charge < -0.3 is 0 Å². The second-order valence-corrected chi connectivity index (χ2v) is 11.1. The van der Waals surface area contributed by atoms with Gasteiger partial charge in [-0.15, -0.1) is 0 Å². The first-order chi connectivity index (χ1) is 4.96. The normalized spacial score (nSPS) is 25.1. The highest BCUT2D eigenvalue weighted by molar-refractivity contribution is 6.79. The molecule has 0 aromatic carbocycles. The molecule has 1 saturated carbocycles. The zero-order valence-electron chi connectivity index (χ0n) is 8.54. The minimum absolute atomic E-state index is 0.755. The Bertz CT molecular complexity index is 126. The molecule has 0 amide bonds. The highest BCUT2D eigenvalue weighted by Gasteiger charge is 2.39. The van der Waals surface area contributed by atoms with E-state index < -0.39 is 8.07 Å². The average Bonchev–Trinajstić information content (AvgIpc) is 1.87. The van der Waals surface area contributed by atoms with E-state index in [0.29, 0.717) is 0 Å². The topological polar surface area (TPSA) is 0 Å². The van der Waals surface area contributed by atoms with Crippen molar-refractivity contribution < 1.29 is 0 Å². The zero-order valence-corrected chi connectivity index (χ0v) is 9.54. The van der Waals surface area contributed by atoms with Crippen LogP contribution in [0.1, 0.15) is 39.0 Å². The highest BCUT2D eigenvalue weighted by Crippen LogP contribution is 2.49. The number of rotatable bonds is 1. The standard InChI is InChI=1S/C10H22Si/c1-10(11(2,3)4)8-6-5-7-9-10/h5-9H2,1-4H3. The molecule has 0 saturated heterocycles. The first-order valence-corrected chi connectivity index (χ1v) is 8.46. The van der Waals surface area contributed by atoms with Crippen LogP contribution in [0.2, 0.25) is 24.7 Å². The third-order valence-electron chi connectivity index (χ3n) is 3.77. The molecule has 0 aromatic heterocycles. The van der Waals surface area contributed by atoms with E-state index in [-0.39, 0.29) is 0 Å². The lowest BCUT2D eigenvalue weighted by atomic mass is 9.90. The molecule has 0 aliphatic heterocycles. The molecule has 0 radical (unpaired) electrons. The summed E-state index contributed by atoms with van der Waals surface area (Å²) in [7, 11) is -0.881. The van der Waals surface area contributed by atoms with Crippen LogP contribution in [0.4, 0.5) is 0 Å². The summed E-state index contributed by atoms with van der Waals surface area (Å²) in [6, 6.07) is 0. The van der Waals surface area contributed by atoms with Gasteiger partial charge in [-0.3, -0.25) is 0 Å².